The summed E-state index contributed by atoms with van der Waals surface area (Å²) in [5.41, 5.74) is 1.15. The van der Waals surface area contributed by atoms with Crippen molar-refractivity contribution in [3.63, 3.8) is 0 Å². The first-order valence-corrected chi connectivity index (χ1v) is 13.6. The highest BCUT2D eigenvalue weighted by Crippen LogP contribution is 2.44. The van der Waals surface area contributed by atoms with Gasteiger partial charge in [0.2, 0.25) is 17.6 Å². The molecule has 1 N–H and O–H groups in total. The SMILES string of the molecule is CC[C@H](NC(=O)C(CC(=O)N1CCOCC1)C(Cc1ccccc1)C1CC1)C(=O)c1nc(C2CC2)no1. The highest BCUT2D eigenvalue weighted by Gasteiger charge is 2.42. The largest absolute Gasteiger partial charge is 0.378 e. The lowest BCUT2D eigenvalue weighted by Crippen LogP contribution is -2.48. The molecule has 3 fully saturated rings. The lowest BCUT2D eigenvalue weighted by atomic mass is 9.80. The van der Waals surface area contributed by atoms with Crippen LogP contribution in [0.4, 0.5) is 0 Å². The lowest BCUT2D eigenvalue weighted by molar-refractivity contribution is -0.141. The number of benzene rings is 1. The van der Waals surface area contributed by atoms with Gasteiger partial charge in [0.1, 0.15) is 0 Å². The van der Waals surface area contributed by atoms with Crippen molar-refractivity contribution in [2.24, 2.45) is 17.8 Å². The molecule has 2 amide bonds. The molecule has 0 bridgehead atoms. The summed E-state index contributed by atoms with van der Waals surface area (Å²) in [6, 6.07) is 9.33. The summed E-state index contributed by atoms with van der Waals surface area (Å²) < 4.78 is 10.6. The monoisotopic (exact) mass is 508 g/mol. The van der Waals surface area contributed by atoms with Crippen molar-refractivity contribution >= 4 is 17.6 Å². The summed E-state index contributed by atoms with van der Waals surface area (Å²) in [6.45, 7) is 3.94. The molecule has 2 heterocycles. The van der Waals surface area contributed by atoms with E-state index in [1.807, 2.05) is 25.1 Å². The first-order chi connectivity index (χ1) is 18.0. The van der Waals surface area contributed by atoms with E-state index in [9.17, 15) is 14.4 Å². The number of carbonyl (C=O) groups is 3. The van der Waals surface area contributed by atoms with Gasteiger partial charge in [-0.1, -0.05) is 42.4 Å². The molecule has 1 saturated heterocycles. The molecule has 0 radical (unpaired) electrons. The molecule has 3 atom stereocenters. The predicted molar refractivity (Wildman–Crippen MR) is 135 cm³/mol. The quantitative estimate of drug-likeness (QED) is 0.438. The number of nitrogens with one attached hydrogen (secondary N) is 1. The van der Waals surface area contributed by atoms with E-state index < -0.39 is 12.0 Å². The van der Waals surface area contributed by atoms with Gasteiger partial charge in [-0.25, -0.2) is 0 Å². The Balaban J connectivity index is 1.34. The minimum atomic E-state index is -0.780. The van der Waals surface area contributed by atoms with Crippen molar-refractivity contribution in [2.75, 3.05) is 26.3 Å². The van der Waals surface area contributed by atoms with E-state index >= 15 is 0 Å². The Morgan fingerprint density at radius 3 is 2.46 bits per heavy atom. The lowest BCUT2D eigenvalue weighted by Gasteiger charge is -2.32. The first kappa shape index (κ1) is 25.6. The molecule has 37 heavy (non-hydrogen) atoms. The first-order valence-electron chi connectivity index (χ1n) is 13.6. The van der Waals surface area contributed by atoms with E-state index in [1.54, 1.807) is 4.90 Å². The molecule has 9 heteroatoms. The molecule has 1 aromatic heterocycles. The van der Waals surface area contributed by atoms with Crippen molar-refractivity contribution in [1.29, 1.82) is 0 Å². The van der Waals surface area contributed by atoms with Crippen molar-refractivity contribution in [3.05, 3.63) is 47.6 Å². The van der Waals surface area contributed by atoms with Crippen molar-refractivity contribution in [2.45, 2.75) is 63.8 Å². The van der Waals surface area contributed by atoms with Crippen LogP contribution in [0.15, 0.2) is 34.9 Å². The molecule has 2 aromatic rings. The third-order valence-corrected chi connectivity index (χ3v) is 7.79. The van der Waals surface area contributed by atoms with Crippen LogP contribution in [-0.4, -0.2) is 65.0 Å². The molecule has 2 aliphatic carbocycles. The van der Waals surface area contributed by atoms with Crippen LogP contribution in [0.5, 0.6) is 0 Å². The Kier molecular flexibility index (Phi) is 7.98. The van der Waals surface area contributed by atoms with Crippen molar-refractivity contribution in [3.8, 4) is 0 Å². The maximum atomic E-state index is 13.8. The number of amides is 2. The molecule has 198 valence electrons. The second-order valence-electron chi connectivity index (χ2n) is 10.6. The smallest absolute Gasteiger partial charge is 0.296 e. The zero-order chi connectivity index (χ0) is 25.8. The van der Waals surface area contributed by atoms with E-state index in [4.69, 9.17) is 9.26 Å². The maximum absolute atomic E-state index is 13.8. The number of Topliss-reactive ketones (excluding diaryl/α,β-unsaturated/α-hetero) is 1. The van der Waals surface area contributed by atoms with Gasteiger partial charge in [0, 0.05) is 25.4 Å². The van der Waals surface area contributed by atoms with Crippen LogP contribution in [-0.2, 0) is 20.7 Å². The van der Waals surface area contributed by atoms with Crippen LogP contribution in [0.2, 0.25) is 0 Å². The van der Waals surface area contributed by atoms with E-state index in [-0.39, 0.29) is 41.7 Å². The van der Waals surface area contributed by atoms with Gasteiger partial charge >= 0.3 is 0 Å². The van der Waals surface area contributed by atoms with Crippen molar-refractivity contribution in [1.82, 2.24) is 20.4 Å². The Morgan fingerprint density at radius 1 is 1.08 bits per heavy atom. The second kappa shape index (κ2) is 11.5. The fourth-order valence-electron chi connectivity index (χ4n) is 5.24. The van der Waals surface area contributed by atoms with Crippen LogP contribution in [0.3, 0.4) is 0 Å². The highest BCUT2D eigenvalue weighted by atomic mass is 16.5. The number of morpholine rings is 1. The zero-order valence-electron chi connectivity index (χ0n) is 21.4. The van der Waals surface area contributed by atoms with Gasteiger partial charge in [-0.3, -0.25) is 14.4 Å². The van der Waals surface area contributed by atoms with Gasteiger partial charge in [0.15, 0.2) is 5.82 Å². The van der Waals surface area contributed by atoms with E-state index in [1.165, 1.54) is 0 Å². The second-order valence-corrected chi connectivity index (χ2v) is 10.6. The minimum absolute atomic E-state index is 0.0184. The fraction of sp³-hybridized carbons (Fsp3) is 0.607. The summed E-state index contributed by atoms with van der Waals surface area (Å²) in [6.07, 6.45) is 5.34. The average molecular weight is 509 g/mol. The van der Waals surface area contributed by atoms with Gasteiger partial charge in [-0.2, -0.15) is 4.98 Å². The number of carbonyl (C=O) groups excluding carboxylic acids is 3. The Bertz CT molecular complexity index is 1090. The normalized spacial score (nSPS) is 20.2. The summed E-state index contributed by atoms with van der Waals surface area (Å²) in [7, 11) is 0. The number of ketones is 1. The molecular formula is C28H36N4O5. The van der Waals surface area contributed by atoms with Crippen LogP contribution in [0.1, 0.15) is 73.4 Å². The number of hydrogen-bond donors (Lipinski definition) is 1. The number of rotatable bonds is 12. The summed E-state index contributed by atoms with van der Waals surface area (Å²) >= 11 is 0. The van der Waals surface area contributed by atoms with Gasteiger partial charge in [-0.05, 0) is 55.9 Å². The summed E-state index contributed by atoms with van der Waals surface area (Å²) in [5, 5.41) is 6.91. The maximum Gasteiger partial charge on any atom is 0.296 e. The number of nitrogens with zero attached hydrogens (tertiary/aromatic N) is 3. The Morgan fingerprint density at radius 2 is 1.81 bits per heavy atom. The molecule has 1 aromatic carbocycles. The molecule has 5 rings (SSSR count). The Hall–Kier alpha value is -3.07. The number of ether oxygens (including phenoxy) is 1. The zero-order valence-corrected chi connectivity index (χ0v) is 21.4. The highest BCUT2D eigenvalue weighted by molar-refractivity contribution is 5.99. The molecule has 0 spiro atoms. The van der Waals surface area contributed by atoms with Crippen LogP contribution < -0.4 is 5.32 Å². The molecule has 1 aliphatic heterocycles. The predicted octanol–water partition coefficient (Wildman–Crippen LogP) is 3.16. The summed E-state index contributed by atoms with van der Waals surface area (Å²) in [5.74, 6) is -0.00889. The van der Waals surface area contributed by atoms with E-state index in [2.05, 4.69) is 27.6 Å². The molecule has 9 nitrogen and oxygen atoms in total. The van der Waals surface area contributed by atoms with Gasteiger partial charge in [-0.15, -0.1) is 0 Å². The third kappa shape index (κ3) is 6.44. The van der Waals surface area contributed by atoms with E-state index in [0.717, 1.165) is 37.7 Å². The van der Waals surface area contributed by atoms with Crippen LogP contribution in [0.25, 0.3) is 0 Å². The topological polar surface area (TPSA) is 115 Å². The summed E-state index contributed by atoms with van der Waals surface area (Å²) in [4.78, 5) is 46.4. The van der Waals surface area contributed by atoms with E-state index in [0.29, 0.717) is 44.5 Å². The van der Waals surface area contributed by atoms with Gasteiger partial charge in [0.25, 0.3) is 5.89 Å². The molecule has 2 saturated carbocycles. The van der Waals surface area contributed by atoms with Gasteiger partial charge < -0.3 is 19.5 Å². The van der Waals surface area contributed by atoms with Gasteiger partial charge in [0.05, 0.1) is 25.2 Å². The Labute approximate surface area is 217 Å². The number of hydrogen-bond acceptors (Lipinski definition) is 7. The molecular weight excluding hydrogens is 472 g/mol. The average Bonchev–Trinajstić information content (AvgIpc) is 3.88. The standard InChI is InChI=1S/C28H36N4O5/c1-2-23(25(34)28-30-26(31-37-28)20-10-11-20)29-27(35)22(17-24(33)32-12-14-36-15-13-32)21(19-8-9-19)16-18-6-4-3-5-7-18/h3-7,19-23H,2,8-17H2,1H3,(H,29,35)/t21?,22?,23-/m0/s1. The third-order valence-electron chi connectivity index (χ3n) is 7.79. The van der Waals surface area contributed by atoms with Crippen LogP contribution in [0, 0.1) is 17.8 Å². The fourth-order valence-corrected chi connectivity index (χ4v) is 5.24. The molecule has 2 unspecified atom stereocenters. The molecule has 3 aliphatic rings. The van der Waals surface area contributed by atoms with Crippen LogP contribution >= 0.6 is 0 Å². The van der Waals surface area contributed by atoms with Crippen molar-refractivity contribution < 1.29 is 23.6 Å². The number of aromatic nitrogens is 2. The minimum Gasteiger partial charge on any atom is -0.378 e.